The molecule has 0 aromatic heterocycles. The van der Waals surface area contributed by atoms with Crippen molar-refractivity contribution in [3.63, 3.8) is 0 Å². The largest absolute Gasteiger partial charge is 0.356 e. The first-order chi connectivity index (χ1) is 9.11. The van der Waals surface area contributed by atoms with Gasteiger partial charge in [0.15, 0.2) is 0 Å². The van der Waals surface area contributed by atoms with E-state index in [4.69, 9.17) is 0 Å². The van der Waals surface area contributed by atoms with E-state index in [1.54, 1.807) is 0 Å². The molecule has 0 bridgehead atoms. The maximum Gasteiger partial charge on any atom is 0.223 e. The van der Waals surface area contributed by atoms with Crippen molar-refractivity contribution in [2.75, 3.05) is 6.54 Å². The topological polar surface area (TPSA) is 29.1 Å². The van der Waals surface area contributed by atoms with Crippen LogP contribution in [0.1, 0.15) is 85.5 Å². The number of unbranched alkanes of at least 4 members (excludes halogenated alkanes) is 5. The highest BCUT2D eigenvalue weighted by Crippen LogP contribution is 2.18. The lowest BCUT2D eigenvalue weighted by atomic mass is 9.94. The lowest BCUT2D eigenvalue weighted by Gasteiger charge is -2.17. The number of rotatable bonds is 12. The fraction of sp³-hybridized carbons (Fsp3) is 0.941. The number of hydrogen-bond donors (Lipinski definition) is 1. The fourth-order valence-electron chi connectivity index (χ4n) is 2.31. The summed E-state index contributed by atoms with van der Waals surface area (Å²) in [6, 6.07) is 0. The third kappa shape index (κ3) is 11.0. The molecule has 114 valence electrons. The zero-order valence-electron chi connectivity index (χ0n) is 13.6. The van der Waals surface area contributed by atoms with E-state index in [2.05, 4.69) is 33.0 Å². The Morgan fingerprint density at radius 3 is 1.95 bits per heavy atom. The summed E-state index contributed by atoms with van der Waals surface area (Å²) in [6.07, 6.45) is 10.9. The molecule has 0 saturated heterocycles. The van der Waals surface area contributed by atoms with Crippen molar-refractivity contribution < 1.29 is 4.79 Å². The molecule has 2 heteroatoms. The quantitative estimate of drug-likeness (QED) is 0.500. The highest BCUT2D eigenvalue weighted by Gasteiger charge is 2.17. The van der Waals surface area contributed by atoms with E-state index in [1.807, 2.05) is 0 Å². The van der Waals surface area contributed by atoms with Gasteiger partial charge in [-0.3, -0.25) is 4.79 Å². The maximum absolute atomic E-state index is 12.2. The zero-order chi connectivity index (χ0) is 14.5. The number of nitrogens with one attached hydrogen (secondary N) is 1. The molecule has 0 aliphatic rings. The number of carbonyl (C=O) groups is 1. The first kappa shape index (κ1) is 18.5. The van der Waals surface area contributed by atoms with Crippen molar-refractivity contribution >= 4 is 5.91 Å². The van der Waals surface area contributed by atoms with Crippen LogP contribution in [0.25, 0.3) is 0 Å². The molecular formula is C17H35NO. The van der Waals surface area contributed by atoms with E-state index in [-0.39, 0.29) is 5.92 Å². The summed E-state index contributed by atoms with van der Waals surface area (Å²) in [5.41, 5.74) is 0. The third-order valence-electron chi connectivity index (χ3n) is 3.62. The Labute approximate surface area is 120 Å². The molecule has 0 heterocycles. The molecule has 0 rings (SSSR count). The van der Waals surface area contributed by atoms with E-state index in [1.165, 1.54) is 44.9 Å². The predicted octanol–water partition coefficient (Wildman–Crippen LogP) is 4.93. The molecule has 1 unspecified atom stereocenters. The molecule has 1 amide bonds. The highest BCUT2D eigenvalue weighted by atomic mass is 16.1. The predicted molar refractivity (Wildman–Crippen MR) is 84.2 cm³/mol. The van der Waals surface area contributed by atoms with Crippen molar-refractivity contribution in [1.29, 1.82) is 0 Å². The van der Waals surface area contributed by atoms with Gasteiger partial charge in [0.2, 0.25) is 5.91 Å². The van der Waals surface area contributed by atoms with Crippen molar-refractivity contribution in [2.24, 2.45) is 11.8 Å². The van der Waals surface area contributed by atoms with Crippen LogP contribution in [0, 0.1) is 11.8 Å². The lowest BCUT2D eigenvalue weighted by Crippen LogP contribution is -2.33. The van der Waals surface area contributed by atoms with Crippen LogP contribution < -0.4 is 5.32 Å². The summed E-state index contributed by atoms with van der Waals surface area (Å²) in [7, 11) is 0. The van der Waals surface area contributed by atoms with E-state index < -0.39 is 0 Å². The van der Waals surface area contributed by atoms with Gasteiger partial charge in [0.05, 0.1) is 0 Å². The second kappa shape index (κ2) is 12.5. The van der Waals surface area contributed by atoms with E-state index >= 15 is 0 Å². The van der Waals surface area contributed by atoms with Crippen molar-refractivity contribution in [3.8, 4) is 0 Å². The monoisotopic (exact) mass is 269 g/mol. The Bertz CT molecular complexity index is 213. The SMILES string of the molecule is CCCCCCC(CCCCC)C(=O)NCC(C)C. The normalized spacial score (nSPS) is 12.7. The highest BCUT2D eigenvalue weighted by molar-refractivity contribution is 5.78. The van der Waals surface area contributed by atoms with Crippen LogP contribution in [0.4, 0.5) is 0 Å². The van der Waals surface area contributed by atoms with Gasteiger partial charge in [-0.15, -0.1) is 0 Å². The second-order valence-corrected chi connectivity index (χ2v) is 6.18. The Hall–Kier alpha value is -0.530. The van der Waals surface area contributed by atoms with Gasteiger partial charge in [0, 0.05) is 12.5 Å². The van der Waals surface area contributed by atoms with Gasteiger partial charge in [0.25, 0.3) is 0 Å². The molecule has 0 saturated carbocycles. The number of carbonyl (C=O) groups excluding carboxylic acids is 1. The van der Waals surface area contributed by atoms with Gasteiger partial charge in [-0.25, -0.2) is 0 Å². The van der Waals surface area contributed by atoms with Crippen LogP contribution >= 0.6 is 0 Å². The molecular weight excluding hydrogens is 234 g/mol. The molecule has 0 spiro atoms. The van der Waals surface area contributed by atoms with E-state index in [9.17, 15) is 4.79 Å². The minimum Gasteiger partial charge on any atom is -0.356 e. The molecule has 0 aliphatic heterocycles. The molecule has 1 N–H and O–H groups in total. The van der Waals surface area contributed by atoms with Gasteiger partial charge in [0.1, 0.15) is 0 Å². The molecule has 0 fully saturated rings. The summed E-state index contributed by atoms with van der Waals surface area (Å²) < 4.78 is 0. The summed E-state index contributed by atoms with van der Waals surface area (Å²) in [5.74, 6) is 1.09. The van der Waals surface area contributed by atoms with E-state index in [0.717, 1.165) is 19.4 Å². The minimum atomic E-state index is 0.252. The zero-order valence-corrected chi connectivity index (χ0v) is 13.6. The lowest BCUT2D eigenvalue weighted by molar-refractivity contribution is -0.125. The standard InChI is InChI=1S/C17H35NO/c1-5-7-9-11-13-16(12-10-8-6-2)17(19)18-14-15(3)4/h15-16H,5-14H2,1-4H3,(H,18,19). The Morgan fingerprint density at radius 1 is 0.895 bits per heavy atom. The smallest absolute Gasteiger partial charge is 0.223 e. The fourth-order valence-corrected chi connectivity index (χ4v) is 2.31. The van der Waals surface area contributed by atoms with Crippen LogP contribution in [-0.4, -0.2) is 12.5 Å². The van der Waals surface area contributed by atoms with Crippen LogP contribution in [0.3, 0.4) is 0 Å². The molecule has 2 nitrogen and oxygen atoms in total. The third-order valence-corrected chi connectivity index (χ3v) is 3.62. The summed E-state index contributed by atoms with van der Waals surface area (Å²) in [6.45, 7) is 9.56. The molecule has 0 aliphatic carbocycles. The van der Waals surface area contributed by atoms with E-state index in [0.29, 0.717) is 11.8 Å². The van der Waals surface area contributed by atoms with Crippen molar-refractivity contribution in [1.82, 2.24) is 5.32 Å². The maximum atomic E-state index is 12.2. The molecule has 0 aromatic rings. The average molecular weight is 269 g/mol. The summed E-state index contributed by atoms with van der Waals surface area (Å²) in [4.78, 5) is 12.2. The summed E-state index contributed by atoms with van der Waals surface area (Å²) in [5, 5.41) is 3.11. The van der Waals surface area contributed by atoms with Gasteiger partial charge >= 0.3 is 0 Å². The van der Waals surface area contributed by atoms with Gasteiger partial charge < -0.3 is 5.32 Å². The molecule has 19 heavy (non-hydrogen) atoms. The van der Waals surface area contributed by atoms with Crippen molar-refractivity contribution in [3.05, 3.63) is 0 Å². The number of hydrogen-bond acceptors (Lipinski definition) is 1. The Morgan fingerprint density at radius 2 is 1.42 bits per heavy atom. The first-order valence-corrected chi connectivity index (χ1v) is 8.39. The van der Waals surface area contributed by atoms with Gasteiger partial charge in [-0.2, -0.15) is 0 Å². The average Bonchev–Trinajstić information content (AvgIpc) is 2.39. The van der Waals surface area contributed by atoms with Crippen LogP contribution in [0.5, 0.6) is 0 Å². The van der Waals surface area contributed by atoms with Crippen LogP contribution in [0.15, 0.2) is 0 Å². The first-order valence-electron chi connectivity index (χ1n) is 8.39. The van der Waals surface area contributed by atoms with Gasteiger partial charge in [-0.05, 0) is 18.8 Å². The van der Waals surface area contributed by atoms with Crippen LogP contribution in [-0.2, 0) is 4.79 Å². The molecule has 1 atom stereocenters. The van der Waals surface area contributed by atoms with Crippen LogP contribution in [0.2, 0.25) is 0 Å². The Balaban J connectivity index is 4.03. The van der Waals surface area contributed by atoms with Crippen molar-refractivity contribution in [2.45, 2.75) is 85.5 Å². The Kier molecular flexibility index (Phi) is 12.2. The second-order valence-electron chi connectivity index (χ2n) is 6.18. The number of amides is 1. The minimum absolute atomic E-state index is 0.252. The van der Waals surface area contributed by atoms with Gasteiger partial charge in [-0.1, -0.05) is 72.6 Å². The molecule has 0 aromatic carbocycles. The summed E-state index contributed by atoms with van der Waals surface area (Å²) >= 11 is 0. The molecule has 0 radical (unpaired) electrons.